The maximum absolute atomic E-state index is 12.0. The first-order chi connectivity index (χ1) is 9.15. The van der Waals surface area contributed by atoms with Crippen LogP contribution in [-0.4, -0.2) is 37.7 Å². The van der Waals surface area contributed by atoms with Gasteiger partial charge in [-0.05, 0) is 38.1 Å². The van der Waals surface area contributed by atoms with E-state index in [9.17, 15) is 4.79 Å². The summed E-state index contributed by atoms with van der Waals surface area (Å²) >= 11 is 0. The second-order valence-corrected chi connectivity index (χ2v) is 4.89. The zero-order chi connectivity index (χ0) is 13.7. The van der Waals surface area contributed by atoms with Gasteiger partial charge in [-0.1, -0.05) is 0 Å². The molecular formula is C14H21N3O2. The van der Waals surface area contributed by atoms with E-state index in [4.69, 9.17) is 4.74 Å². The highest BCUT2D eigenvalue weighted by Gasteiger charge is 2.19. The Balaban J connectivity index is 1.89. The third-order valence-electron chi connectivity index (χ3n) is 2.85. The van der Waals surface area contributed by atoms with E-state index >= 15 is 0 Å². The van der Waals surface area contributed by atoms with Crippen LogP contribution in [0.3, 0.4) is 0 Å². The fourth-order valence-corrected chi connectivity index (χ4v) is 1.96. The number of benzene rings is 1. The van der Waals surface area contributed by atoms with Crippen LogP contribution in [0.4, 0.5) is 5.69 Å². The summed E-state index contributed by atoms with van der Waals surface area (Å²) in [5.41, 5.74) is 0.786. The highest BCUT2D eigenvalue weighted by atomic mass is 16.5. The molecule has 1 amide bonds. The van der Waals surface area contributed by atoms with Crippen LogP contribution in [0.1, 0.15) is 13.8 Å². The second kappa shape index (κ2) is 6.54. The summed E-state index contributed by atoms with van der Waals surface area (Å²) in [5.74, 6) is 0.801. The lowest BCUT2D eigenvalue weighted by atomic mass is 10.2. The minimum Gasteiger partial charge on any atom is -0.491 e. The number of rotatable bonds is 4. The average molecular weight is 263 g/mol. The van der Waals surface area contributed by atoms with Gasteiger partial charge in [-0.3, -0.25) is 4.79 Å². The summed E-state index contributed by atoms with van der Waals surface area (Å²) < 4.78 is 5.56. The van der Waals surface area contributed by atoms with Crippen molar-refractivity contribution in [1.29, 1.82) is 0 Å². The van der Waals surface area contributed by atoms with Crippen LogP contribution in [0.15, 0.2) is 24.3 Å². The summed E-state index contributed by atoms with van der Waals surface area (Å²) in [6.45, 7) is 6.36. The van der Waals surface area contributed by atoms with Crippen LogP contribution in [0.25, 0.3) is 0 Å². The lowest BCUT2D eigenvalue weighted by Crippen LogP contribution is -2.54. The molecule has 1 unspecified atom stereocenters. The Kier molecular flexibility index (Phi) is 4.76. The van der Waals surface area contributed by atoms with Crippen molar-refractivity contribution >= 4 is 11.6 Å². The predicted molar refractivity (Wildman–Crippen MR) is 75.5 cm³/mol. The molecule has 1 atom stereocenters. The maximum Gasteiger partial charge on any atom is 0.242 e. The molecule has 3 N–H and O–H groups in total. The molecule has 5 nitrogen and oxygen atoms in total. The lowest BCUT2D eigenvalue weighted by molar-refractivity contribution is -0.118. The minimum absolute atomic E-state index is 0.00951. The number of carbonyl (C=O) groups is 1. The molecule has 1 heterocycles. The van der Waals surface area contributed by atoms with Gasteiger partial charge >= 0.3 is 0 Å². The molecule has 1 aromatic carbocycles. The van der Waals surface area contributed by atoms with Crippen LogP contribution in [0, 0.1) is 0 Å². The van der Waals surface area contributed by atoms with Crippen LogP contribution in [0.5, 0.6) is 5.75 Å². The Morgan fingerprint density at radius 2 is 2.05 bits per heavy atom. The zero-order valence-corrected chi connectivity index (χ0v) is 11.4. The zero-order valence-electron chi connectivity index (χ0n) is 11.4. The van der Waals surface area contributed by atoms with Crippen LogP contribution in [-0.2, 0) is 4.79 Å². The molecule has 0 spiro atoms. The molecule has 0 bridgehead atoms. The Bertz CT molecular complexity index is 411. The van der Waals surface area contributed by atoms with Gasteiger partial charge in [0.05, 0.1) is 12.1 Å². The van der Waals surface area contributed by atoms with Crippen molar-refractivity contribution < 1.29 is 9.53 Å². The first kappa shape index (κ1) is 13.8. The molecule has 104 valence electrons. The maximum atomic E-state index is 12.0. The fourth-order valence-electron chi connectivity index (χ4n) is 1.96. The molecule has 19 heavy (non-hydrogen) atoms. The molecule has 1 aromatic rings. The second-order valence-electron chi connectivity index (χ2n) is 4.89. The number of ether oxygens (including phenoxy) is 1. The Labute approximate surface area is 113 Å². The summed E-state index contributed by atoms with van der Waals surface area (Å²) in [7, 11) is 0. The fraction of sp³-hybridized carbons (Fsp3) is 0.500. The van der Waals surface area contributed by atoms with E-state index in [-0.39, 0.29) is 18.1 Å². The van der Waals surface area contributed by atoms with Gasteiger partial charge in [0, 0.05) is 25.3 Å². The van der Waals surface area contributed by atoms with Gasteiger partial charge < -0.3 is 20.7 Å². The SMILES string of the molecule is CC(C)Oc1ccc(NC(=O)C2CNCCN2)cc1. The molecule has 1 aliphatic heterocycles. The van der Waals surface area contributed by atoms with Crippen molar-refractivity contribution in [2.24, 2.45) is 0 Å². The molecule has 1 fully saturated rings. The smallest absolute Gasteiger partial charge is 0.242 e. The van der Waals surface area contributed by atoms with E-state index in [1.807, 2.05) is 38.1 Å². The van der Waals surface area contributed by atoms with Crippen molar-refractivity contribution in [2.45, 2.75) is 26.0 Å². The van der Waals surface area contributed by atoms with E-state index < -0.39 is 0 Å². The third kappa shape index (κ3) is 4.22. The molecule has 0 saturated carbocycles. The van der Waals surface area contributed by atoms with Crippen LogP contribution < -0.4 is 20.7 Å². The molecule has 0 aliphatic carbocycles. The molecule has 5 heteroatoms. The molecule has 1 aliphatic rings. The lowest BCUT2D eigenvalue weighted by Gasteiger charge is -2.23. The number of nitrogens with one attached hydrogen (secondary N) is 3. The largest absolute Gasteiger partial charge is 0.491 e. The number of carbonyl (C=O) groups excluding carboxylic acids is 1. The third-order valence-corrected chi connectivity index (χ3v) is 2.85. The van der Waals surface area contributed by atoms with E-state index in [0.29, 0.717) is 6.54 Å². The first-order valence-corrected chi connectivity index (χ1v) is 6.67. The summed E-state index contributed by atoms with van der Waals surface area (Å²) in [6, 6.07) is 7.27. The van der Waals surface area contributed by atoms with Gasteiger partial charge in [-0.15, -0.1) is 0 Å². The molecule has 0 aromatic heterocycles. The number of hydrogen-bond donors (Lipinski definition) is 3. The van der Waals surface area contributed by atoms with E-state index in [1.54, 1.807) is 0 Å². The van der Waals surface area contributed by atoms with E-state index in [1.165, 1.54) is 0 Å². The van der Waals surface area contributed by atoms with Crippen LogP contribution in [0.2, 0.25) is 0 Å². The first-order valence-electron chi connectivity index (χ1n) is 6.67. The average Bonchev–Trinajstić information content (AvgIpc) is 2.41. The van der Waals surface area contributed by atoms with E-state index in [2.05, 4.69) is 16.0 Å². The monoisotopic (exact) mass is 263 g/mol. The number of amides is 1. The van der Waals surface area contributed by atoms with Gasteiger partial charge in [0.2, 0.25) is 5.91 Å². The van der Waals surface area contributed by atoms with Gasteiger partial charge in [0.1, 0.15) is 5.75 Å². The van der Waals surface area contributed by atoms with Gasteiger partial charge in [0.25, 0.3) is 0 Å². The summed E-state index contributed by atoms with van der Waals surface area (Å²) in [5, 5.41) is 9.26. The highest BCUT2D eigenvalue weighted by molar-refractivity contribution is 5.95. The van der Waals surface area contributed by atoms with Crippen molar-refractivity contribution in [3.8, 4) is 5.75 Å². The topological polar surface area (TPSA) is 62.4 Å². The molecule has 0 radical (unpaired) electrons. The molecule has 1 saturated heterocycles. The highest BCUT2D eigenvalue weighted by Crippen LogP contribution is 2.17. The predicted octanol–water partition coefficient (Wildman–Crippen LogP) is 0.974. The quantitative estimate of drug-likeness (QED) is 0.757. The summed E-state index contributed by atoms with van der Waals surface area (Å²) in [6.07, 6.45) is 0.151. The van der Waals surface area contributed by atoms with Crippen LogP contribution >= 0.6 is 0 Å². The van der Waals surface area contributed by atoms with Gasteiger partial charge in [-0.25, -0.2) is 0 Å². The Hall–Kier alpha value is -1.59. The van der Waals surface area contributed by atoms with Crippen molar-refractivity contribution in [2.75, 3.05) is 25.0 Å². The van der Waals surface area contributed by atoms with Crippen molar-refractivity contribution in [3.63, 3.8) is 0 Å². The Morgan fingerprint density at radius 3 is 2.63 bits per heavy atom. The van der Waals surface area contributed by atoms with Gasteiger partial charge in [0.15, 0.2) is 0 Å². The minimum atomic E-state index is -0.166. The van der Waals surface area contributed by atoms with Crippen molar-refractivity contribution in [3.05, 3.63) is 24.3 Å². The molecule has 2 rings (SSSR count). The Morgan fingerprint density at radius 1 is 1.32 bits per heavy atom. The standard InChI is InChI=1S/C14H21N3O2/c1-10(2)19-12-5-3-11(4-6-12)17-14(18)13-9-15-7-8-16-13/h3-6,10,13,15-16H,7-9H2,1-2H3,(H,17,18). The van der Waals surface area contributed by atoms with Gasteiger partial charge in [-0.2, -0.15) is 0 Å². The number of anilines is 1. The molecular weight excluding hydrogens is 242 g/mol. The number of hydrogen-bond acceptors (Lipinski definition) is 4. The number of piperazine rings is 1. The van der Waals surface area contributed by atoms with Crippen molar-refractivity contribution in [1.82, 2.24) is 10.6 Å². The summed E-state index contributed by atoms with van der Waals surface area (Å²) in [4.78, 5) is 12.0. The van der Waals surface area contributed by atoms with E-state index in [0.717, 1.165) is 24.5 Å². The normalized spacial score (nSPS) is 19.2.